The summed E-state index contributed by atoms with van der Waals surface area (Å²) in [6, 6.07) is 11.1. The number of fused-ring (bicyclic) bond motifs is 2. The molecule has 9 heteroatoms. The number of aliphatic hydroxyl groups excluding tert-OH is 1. The van der Waals surface area contributed by atoms with Gasteiger partial charge in [-0.25, -0.2) is 19.7 Å². The van der Waals surface area contributed by atoms with Gasteiger partial charge in [-0.05, 0) is 75.3 Å². The first-order valence-electron chi connectivity index (χ1n) is 12.9. The highest BCUT2D eigenvalue weighted by Gasteiger charge is 2.20. The molecule has 0 spiro atoms. The van der Waals surface area contributed by atoms with Gasteiger partial charge in [-0.15, -0.1) is 0 Å². The molecular formula is C27H36N6O3. The normalized spacial score (nSPS) is 13.8. The summed E-state index contributed by atoms with van der Waals surface area (Å²) >= 11 is 0. The minimum atomic E-state index is -0.910. The van der Waals surface area contributed by atoms with Crippen LogP contribution < -0.4 is 10.6 Å². The molecule has 1 aromatic carbocycles. The SMILES string of the molecule is O=C(O)C(CCN(CCCO)CCCCc1ccc2c(n1)NCCC2)Nc1ncnc2ccccc12. The lowest BCUT2D eigenvalue weighted by atomic mass is 10.1. The number of aromatic nitrogens is 3. The molecular weight excluding hydrogens is 456 g/mol. The van der Waals surface area contributed by atoms with Crippen LogP contribution in [0.3, 0.4) is 0 Å². The maximum Gasteiger partial charge on any atom is 0.326 e. The van der Waals surface area contributed by atoms with Gasteiger partial charge in [-0.3, -0.25) is 0 Å². The van der Waals surface area contributed by atoms with Gasteiger partial charge >= 0.3 is 5.97 Å². The van der Waals surface area contributed by atoms with Gasteiger partial charge in [0.1, 0.15) is 24.0 Å². The predicted octanol–water partition coefficient (Wildman–Crippen LogP) is 3.35. The molecule has 192 valence electrons. The Morgan fingerprint density at radius 2 is 1.94 bits per heavy atom. The van der Waals surface area contributed by atoms with Gasteiger partial charge in [0.05, 0.1) is 5.52 Å². The number of hydrogen-bond donors (Lipinski definition) is 4. The lowest BCUT2D eigenvalue weighted by Gasteiger charge is -2.24. The maximum atomic E-state index is 12.0. The number of anilines is 2. The number of benzene rings is 1. The summed E-state index contributed by atoms with van der Waals surface area (Å²) in [5, 5.41) is 26.5. The Balaban J connectivity index is 1.29. The summed E-state index contributed by atoms with van der Waals surface area (Å²) in [7, 11) is 0. The number of carboxylic acid groups (broad SMARTS) is 1. The van der Waals surface area contributed by atoms with Crippen LogP contribution in [0.2, 0.25) is 0 Å². The van der Waals surface area contributed by atoms with Crippen molar-refractivity contribution in [2.75, 3.05) is 43.4 Å². The zero-order valence-corrected chi connectivity index (χ0v) is 20.7. The van der Waals surface area contributed by atoms with E-state index < -0.39 is 12.0 Å². The number of hydrogen-bond acceptors (Lipinski definition) is 8. The molecule has 3 aromatic rings. The fourth-order valence-corrected chi connectivity index (χ4v) is 4.63. The monoisotopic (exact) mass is 492 g/mol. The number of carbonyl (C=O) groups is 1. The molecule has 4 N–H and O–H groups in total. The number of unbranched alkanes of at least 4 members (excludes halogenated alkanes) is 1. The first-order chi connectivity index (χ1) is 17.6. The van der Waals surface area contributed by atoms with Crippen molar-refractivity contribution in [3.05, 3.63) is 54.0 Å². The van der Waals surface area contributed by atoms with Crippen molar-refractivity contribution in [2.45, 2.75) is 51.0 Å². The highest BCUT2D eigenvalue weighted by molar-refractivity contribution is 5.90. The van der Waals surface area contributed by atoms with E-state index in [2.05, 4.69) is 37.6 Å². The van der Waals surface area contributed by atoms with Crippen LogP contribution in [0.15, 0.2) is 42.7 Å². The van der Waals surface area contributed by atoms with Crippen LogP contribution in [-0.2, 0) is 17.6 Å². The second kappa shape index (κ2) is 13.1. The van der Waals surface area contributed by atoms with E-state index >= 15 is 0 Å². The Labute approximate surface area is 212 Å². The van der Waals surface area contributed by atoms with Gasteiger partial charge in [-0.1, -0.05) is 18.2 Å². The zero-order chi connectivity index (χ0) is 25.2. The van der Waals surface area contributed by atoms with Gasteiger partial charge in [0.2, 0.25) is 0 Å². The molecule has 0 radical (unpaired) electrons. The third-order valence-electron chi connectivity index (χ3n) is 6.63. The number of aliphatic hydroxyl groups is 1. The van der Waals surface area contributed by atoms with Crippen LogP contribution in [0.4, 0.5) is 11.6 Å². The molecule has 1 unspecified atom stereocenters. The average molecular weight is 493 g/mol. The van der Waals surface area contributed by atoms with Crippen LogP contribution in [0, 0.1) is 0 Å². The number of para-hydroxylation sites is 1. The van der Waals surface area contributed by atoms with Crippen molar-refractivity contribution in [3.63, 3.8) is 0 Å². The van der Waals surface area contributed by atoms with Crippen LogP contribution in [0.1, 0.15) is 43.4 Å². The van der Waals surface area contributed by atoms with Crippen LogP contribution >= 0.6 is 0 Å². The summed E-state index contributed by atoms with van der Waals surface area (Å²) < 4.78 is 0. The summed E-state index contributed by atoms with van der Waals surface area (Å²) in [5.41, 5.74) is 3.18. The molecule has 1 atom stereocenters. The van der Waals surface area contributed by atoms with Crippen molar-refractivity contribution in [3.8, 4) is 0 Å². The summed E-state index contributed by atoms with van der Waals surface area (Å²) in [6.45, 7) is 3.32. The highest BCUT2D eigenvalue weighted by atomic mass is 16.4. The summed E-state index contributed by atoms with van der Waals surface area (Å²) in [4.78, 5) is 27.6. The van der Waals surface area contributed by atoms with E-state index in [4.69, 9.17) is 4.98 Å². The fourth-order valence-electron chi connectivity index (χ4n) is 4.63. The smallest absolute Gasteiger partial charge is 0.326 e. The number of aryl methyl sites for hydroxylation is 2. The van der Waals surface area contributed by atoms with E-state index in [0.29, 0.717) is 25.2 Å². The molecule has 1 aliphatic heterocycles. The first kappa shape index (κ1) is 25.8. The Bertz CT molecular complexity index is 1140. The standard InChI is InChI=1S/C27H36N6O3/c34-18-6-16-33(15-4-3-8-21-12-11-20-7-5-14-28-25(20)31-21)17-13-24(27(35)36)32-26-22-9-1-2-10-23(22)29-19-30-26/h1-2,9-12,19,24,34H,3-8,13-18H2,(H,28,31)(H,35,36)(H,29,30,32). The second-order valence-corrected chi connectivity index (χ2v) is 9.28. The Hall–Kier alpha value is -3.30. The molecule has 0 amide bonds. The lowest BCUT2D eigenvalue weighted by Crippen LogP contribution is -2.36. The van der Waals surface area contributed by atoms with Crippen LogP contribution in [0.25, 0.3) is 10.9 Å². The molecule has 36 heavy (non-hydrogen) atoms. The van der Waals surface area contributed by atoms with Gasteiger partial charge in [0, 0.05) is 37.3 Å². The Morgan fingerprint density at radius 1 is 1.08 bits per heavy atom. The van der Waals surface area contributed by atoms with E-state index in [1.165, 1.54) is 11.9 Å². The molecule has 0 saturated heterocycles. The Kier molecular flexibility index (Phi) is 9.40. The van der Waals surface area contributed by atoms with E-state index in [0.717, 1.165) is 74.2 Å². The molecule has 4 rings (SSSR count). The number of carboxylic acids is 1. The van der Waals surface area contributed by atoms with E-state index in [1.54, 1.807) is 0 Å². The number of pyridine rings is 1. The van der Waals surface area contributed by atoms with Crippen LogP contribution in [-0.4, -0.2) is 74.9 Å². The van der Waals surface area contributed by atoms with Gasteiger partial charge in [0.15, 0.2) is 0 Å². The first-order valence-corrected chi connectivity index (χ1v) is 12.9. The molecule has 2 aromatic heterocycles. The number of rotatable bonds is 14. The molecule has 0 aliphatic carbocycles. The third kappa shape index (κ3) is 7.11. The maximum absolute atomic E-state index is 12.0. The van der Waals surface area contributed by atoms with Crippen LogP contribution in [0.5, 0.6) is 0 Å². The minimum Gasteiger partial charge on any atom is -0.480 e. The molecule has 0 fully saturated rings. The lowest BCUT2D eigenvalue weighted by molar-refractivity contribution is -0.138. The molecule has 0 bridgehead atoms. The largest absolute Gasteiger partial charge is 0.480 e. The van der Waals surface area contributed by atoms with E-state index in [-0.39, 0.29) is 6.61 Å². The van der Waals surface area contributed by atoms with Gasteiger partial charge < -0.3 is 25.7 Å². The van der Waals surface area contributed by atoms with Crippen molar-refractivity contribution < 1.29 is 15.0 Å². The van der Waals surface area contributed by atoms with Crippen molar-refractivity contribution in [1.29, 1.82) is 0 Å². The van der Waals surface area contributed by atoms with Crippen molar-refractivity contribution in [2.24, 2.45) is 0 Å². The molecule has 3 heterocycles. The average Bonchev–Trinajstić information content (AvgIpc) is 2.91. The number of aliphatic carboxylic acids is 1. The highest BCUT2D eigenvalue weighted by Crippen LogP contribution is 2.21. The minimum absolute atomic E-state index is 0.121. The zero-order valence-electron chi connectivity index (χ0n) is 20.7. The van der Waals surface area contributed by atoms with E-state index in [1.807, 2.05) is 24.3 Å². The predicted molar refractivity (Wildman–Crippen MR) is 141 cm³/mol. The van der Waals surface area contributed by atoms with E-state index in [9.17, 15) is 15.0 Å². The number of nitrogens with one attached hydrogen (secondary N) is 2. The summed E-state index contributed by atoms with van der Waals surface area (Å²) in [6.07, 6.45) is 7.71. The van der Waals surface area contributed by atoms with Crippen molar-refractivity contribution in [1.82, 2.24) is 19.9 Å². The van der Waals surface area contributed by atoms with Gasteiger partial charge in [0.25, 0.3) is 0 Å². The molecule has 1 aliphatic rings. The third-order valence-corrected chi connectivity index (χ3v) is 6.63. The molecule has 0 saturated carbocycles. The Morgan fingerprint density at radius 3 is 2.81 bits per heavy atom. The quantitative estimate of drug-likeness (QED) is 0.251. The number of nitrogens with zero attached hydrogens (tertiary/aromatic N) is 4. The molecule has 9 nitrogen and oxygen atoms in total. The van der Waals surface area contributed by atoms with Crippen molar-refractivity contribution >= 4 is 28.5 Å². The van der Waals surface area contributed by atoms with Gasteiger partial charge in [-0.2, -0.15) is 0 Å². The summed E-state index contributed by atoms with van der Waals surface area (Å²) in [5.74, 6) is 0.654. The second-order valence-electron chi connectivity index (χ2n) is 9.28. The fraction of sp³-hybridized carbons (Fsp3) is 0.481. The topological polar surface area (TPSA) is 124 Å².